The smallest absolute Gasteiger partial charge is 0.190 e. The lowest BCUT2D eigenvalue weighted by molar-refractivity contribution is -0.0265. The molecule has 1 aliphatic rings. The van der Waals surface area contributed by atoms with Crippen LogP contribution in [0.5, 0.6) is 0 Å². The highest BCUT2D eigenvalue weighted by Gasteiger charge is 2.27. The van der Waals surface area contributed by atoms with Crippen molar-refractivity contribution in [1.29, 1.82) is 0 Å². The third-order valence-corrected chi connectivity index (χ3v) is 4.34. The molecule has 24 heavy (non-hydrogen) atoms. The van der Waals surface area contributed by atoms with Gasteiger partial charge in [0.2, 0.25) is 0 Å². The predicted molar refractivity (Wildman–Crippen MR) is 112 cm³/mol. The van der Waals surface area contributed by atoms with Crippen LogP contribution in [0.25, 0.3) is 0 Å². The number of guanidine groups is 1. The van der Waals surface area contributed by atoms with E-state index in [1.807, 2.05) is 7.05 Å². The lowest BCUT2D eigenvalue weighted by Crippen LogP contribution is -2.42. The van der Waals surface area contributed by atoms with Crippen LogP contribution >= 0.6 is 24.0 Å². The Balaban J connectivity index is 0.00000288. The molecular formula is C19H32IN3O. The molecule has 1 aliphatic heterocycles. The third kappa shape index (κ3) is 6.97. The Hall–Kier alpha value is -0.820. The van der Waals surface area contributed by atoms with Crippen molar-refractivity contribution in [2.75, 3.05) is 26.7 Å². The van der Waals surface area contributed by atoms with Gasteiger partial charge in [-0.05, 0) is 30.7 Å². The highest BCUT2D eigenvalue weighted by Crippen LogP contribution is 2.32. The van der Waals surface area contributed by atoms with Crippen molar-refractivity contribution >= 4 is 29.9 Å². The maximum atomic E-state index is 6.05. The first kappa shape index (κ1) is 21.2. The van der Waals surface area contributed by atoms with Crippen LogP contribution in [0.3, 0.4) is 0 Å². The van der Waals surface area contributed by atoms with Crippen molar-refractivity contribution in [2.24, 2.45) is 16.8 Å². The molecule has 1 fully saturated rings. The second kappa shape index (κ2) is 11.7. The van der Waals surface area contributed by atoms with E-state index in [-0.39, 0.29) is 30.1 Å². The molecular weight excluding hydrogens is 413 g/mol. The molecule has 0 bridgehead atoms. The van der Waals surface area contributed by atoms with Gasteiger partial charge in [-0.3, -0.25) is 4.99 Å². The predicted octanol–water partition coefficient (Wildman–Crippen LogP) is 3.98. The van der Waals surface area contributed by atoms with E-state index in [2.05, 4.69) is 59.8 Å². The van der Waals surface area contributed by atoms with E-state index in [0.29, 0.717) is 11.8 Å². The summed E-state index contributed by atoms with van der Waals surface area (Å²) in [5, 5.41) is 6.86. The summed E-state index contributed by atoms with van der Waals surface area (Å²) >= 11 is 0. The number of aliphatic imine (C=N–C) groups is 1. The molecule has 1 heterocycles. The Bertz CT molecular complexity index is 479. The Kier molecular flexibility index (Phi) is 10.3. The van der Waals surface area contributed by atoms with E-state index in [4.69, 9.17) is 4.74 Å². The maximum absolute atomic E-state index is 6.05. The van der Waals surface area contributed by atoms with E-state index in [1.165, 1.54) is 12.0 Å². The minimum atomic E-state index is 0. The molecule has 2 atom stereocenters. The zero-order chi connectivity index (χ0) is 16.5. The molecule has 2 unspecified atom stereocenters. The number of benzene rings is 1. The molecule has 0 aromatic heterocycles. The maximum Gasteiger partial charge on any atom is 0.190 e. The SMILES string of the molecule is CN=C(NCCC(C)C)NCC1CCCOC1c1ccccc1.I. The van der Waals surface area contributed by atoms with Crippen molar-refractivity contribution in [3.63, 3.8) is 0 Å². The minimum absolute atomic E-state index is 0. The van der Waals surface area contributed by atoms with E-state index >= 15 is 0 Å². The van der Waals surface area contributed by atoms with Gasteiger partial charge in [0, 0.05) is 32.7 Å². The van der Waals surface area contributed by atoms with E-state index in [9.17, 15) is 0 Å². The summed E-state index contributed by atoms with van der Waals surface area (Å²) in [6.07, 6.45) is 3.66. The van der Waals surface area contributed by atoms with Gasteiger partial charge in [-0.1, -0.05) is 44.2 Å². The van der Waals surface area contributed by atoms with Gasteiger partial charge in [0.25, 0.3) is 0 Å². The van der Waals surface area contributed by atoms with Crippen molar-refractivity contribution in [3.05, 3.63) is 35.9 Å². The van der Waals surface area contributed by atoms with Crippen LogP contribution in [0.4, 0.5) is 0 Å². The first-order chi connectivity index (χ1) is 11.2. The van der Waals surface area contributed by atoms with E-state index in [0.717, 1.165) is 38.5 Å². The van der Waals surface area contributed by atoms with Crippen molar-refractivity contribution in [3.8, 4) is 0 Å². The number of halogens is 1. The fourth-order valence-electron chi connectivity index (χ4n) is 2.99. The molecule has 1 aromatic carbocycles. The minimum Gasteiger partial charge on any atom is -0.373 e. The summed E-state index contributed by atoms with van der Waals surface area (Å²) < 4.78 is 6.05. The van der Waals surface area contributed by atoms with Crippen molar-refractivity contribution in [2.45, 2.75) is 39.2 Å². The largest absolute Gasteiger partial charge is 0.373 e. The first-order valence-electron chi connectivity index (χ1n) is 8.81. The second-order valence-electron chi connectivity index (χ2n) is 6.67. The van der Waals surface area contributed by atoms with Crippen molar-refractivity contribution < 1.29 is 4.74 Å². The monoisotopic (exact) mass is 445 g/mol. The summed E-state index contributed by atoms with van der Waals surface area (Å²) in [7, 11) is 1.83. The van der Waals surface area contributed by atoms with Gasteiger partial charge < -0.3 is 15.4 Å². The highest BCUT2D eigenvalue weighted by molar-refractivity contribution is 14.0. The van der Waals surface area contributed by atoms with Gasteiger partial charge in [-0.2, -0.15) is 0 Å². The number of ether oxygens (including phenoxy) is 1. The van der Waals surface area contributed by atoms with E-state index < -0.39 is 0 Å². The van der Waals surface area contributed by atoms with Gasteiger partial charge in [-0.15, -0.1) is 24.0 Å². The second-order valence-corrected chi connectivity index (χ2v) is 6.67. The molecule has 1 aromatic rings. The zero-order valence-corrected chi connectivity index (χ0v) is 17.5. The topological polar surface area (TPSA) is 45.7 Å². The highest BCUT2D eigenvalue weighted by atomic mass is 127. The number of hydrogen-bond donors (Lipinski definition) is 2. The molecule has 0 aliphatic carbocycles. The van der Waals surface area contributed by atoms with E-state index in [1.54, 1.807) is 0 Å². The normalized spacial score (nSPS) is 21.2. The summed E-state index contributed by atoms with van der Waals surface area (Å²) in [4.78, 5) is 4.32. The van der Waals surface area contributed by atoms with Gasteiger partial charge in [0.05, 0.1) is 6.10 Å². The number of hydrogen-bond acceptors (Lipinski definition) is 2. The Labute approximate surface area is 163 Å². The number of nitrogens with one attached hydrogen (secondary N) is 2. The van der Waals surface area contributed by atoms with Gasteiger partial charge >= 0.3 is 0 Å². The lowest BCUT2D eigenvalue weighted by atomic mass is 9.89. The average Bonchev–Trinajstić information content (AvgIpc) is 2.58. The van der Waals surface area contributed by atoms with Crippen LogP contribution in [-0.2, 0) is 4.74 Å². The van der Waals surface area contributed by atoms with Gasteiger partial charge in [0.15, 0.2) is 5.96 Å². The fourth-order valence-corrected chi connectivity index (χ4v) is 2.99. The quantitative estimate of drug-likeness (QED) is 0.396. The zero-order valence-electron chi connectivity index (χ0n) is 15.1. The Morgan fingerprint density at radius 3 is 2.67 bits per heavy atom. The fraction of sp³-hybridized carbons (Fsp3) is 0.632. The van der Waals surface area contributed by atoms with Gasteiger partial charge in [0.1, 0.15) is 0 Å². The molecule has 5 heteroatoms. The van der Waals surface area contributed by atoms with Gasteiger partial charge in [-0.25, -0.2) is 0 Å². The van der Waals surface area contributed by atoms with Crippen LogP contribution in [0.1, 0.15) is 44.8 Å². The standard InChI is InChI=1S/C19H31N3O.HI/c1-15(2)11-12-21-19(20-3)22-14-17-10-7-13-23-18(17)16-8-5-4-6-9-16;/h4-6,8-9,15,17-18H,7,10-14H2,1-3H3,(H2,20,21,22);1H. The molecule has 1 saturated heterocycles. The van der Waals surface area contributed by atoms with Crippen molar-refractivity contribution in [1.82, 2.24) is 10.6 Å². The summed E-state index contributed by atoms with van der Waals surface area (Å²) in [5.74, 6) is 2.08. The molecule has 0 amide bonds. The molecule has 0 saturated carbocycles. The average molecular weight is 445 g/mol. The van der Waals surface area contributed by atoms with Crippen LogP contribution < -0.4 is 10.6 Å². The van der Waals surface area contributed by atoms with Crippen LogP contribution in [-0.4, -0.2) is 32.7 Å². The Morgan fingerprint density at radius 2 is 2.00 bits per heavy atom. The first-order valence-corrected chi connectivity index (χ1v) is 8.81. The molecule has 2 rings (SSSR count). The Morgan fingerprint density at radius 1 is 1.25 bits per heavy atom. The molecule has 4 nitrogen and oxygen atoms in total. The third-order valence-electron chi connectivity index (χ3n) is 4.34. The number of rotatable bonds is 6. The molecule has 136 valence electrons. The molecule has 0 radical (unpaired) electrons. The molecule has 0 spiro atoms. The van der Waals surface area contributed by atoms with Crippen LogP contribution in [0.15, 0.2) is 35.3 Å². The summed E-state index contributed by atoms with van der Waals surface area (Å²) in [5.41, 5.74) is 1.28. The number of nitrogens with zero attached hydrogens (tertiary/aromatic N) is 1. The lowest BCUT2D eigenvalue weighted by Gasteiger charge is -2.32. The summed E-state index contributed by atoms with van der Waals surface area (Å²) in [6.45, 7) is 7.18. The van der Waals surface area contributed by atoms with Crippen LogP contribution in [0, 0.1) is 11.8 Å². The van der Waals surface area contributed by atoms with Crippen LogP contribution in [0.2, 0.25) is 0 Å². The summed E-state index contributed by atoms with van der Waals surface area (Å²) in [6, 6.07) is 10.6. The molecule has 2 N–H and O–H groups in total.